The predicted molar refractivity (Wildman–Crippen MR) is 111 cm³/mol. The minimum absolute atomic E-state index is 0.127. The number of nitrogens with one attached hydrogen (secondary N) is 1. The molecule has 2 aliphatic carbocycles. The molecule has 0 radical (unpaired) electrons. The third kappa shape index (κ3) is 3.91. The van der Waals surface area contributed by atoms with Crippen molar-refractivity contribution in [2.24, 2.45) is 0 Å². The molecular weight excluding hydrogens is 401 g/mol. The molecule has 2 aliphatic rings. The van der Waals surface area contributed by atoms with Crippen LogP contribution in [0.15, 0.2) is 36.4 Å². The van der Waals surface area contributed by atoms with E-state index >= 15 is 0 Å². The Morgan fingerprint density at radius 3 is 2.41 bits per heavy atom. The molecule has 1 fully saturated rings. The second-order valence-electron chi connectivity index (χ2n) is 7.61. The van der Waals surface area contributed by atoms with Gasteiger partial charge in [-0.15, -0.1) is 0 Å². The first-order chi connectivity index (χ1) is 12.9. The molecule has 0 aromatic heterocycles. The molecule has 0 unspecified atom stereocenters. The fourth-order valence-electron chi connectivity index (χ4n) is 4.13. The lowest BCUT2D eigenvalue weighted by Crippen LogP contribution is -2.24. The van der Waals surface area contributed by atoms with E-state index in [0.717, 1.165) is 36.8 Å². The predicted octanol–water partition coefficient (Wildman–Crippen LogP) is 5.26. The number of benzene rings is 2. The van der Waals surface area contributed by atoms with Gasteiger partial charge >= 0.3 is 0 Å². The number of hydrogen-bond donors (Lipinski definition) is 1. The number of hydrogen-bond acceptors (Lipinski definition) is 3. The summed E-state index contributed by atoms with van der Waals surface area (Å²) in [5.74, 6) is 0.382. The maximum atomic E-state index is 12.4. The monoisotopic (exact) mass is 423 g/mol. The van der Waals surface area contributed by atoms with E-state index in [1.807, 2.05) is 31.3 Å². The number of halogens is 2. The highest BCUT2D eigenvalue weighted by Crippen LogP contribution is 2.43. The lowest BCUT2D eigenvalue weighted by molar-refractivity contribution is 0.470. The Balaban J connectivity index is 1.70. The summed E-state index contributed by atoms with van der Waals surface area (Å²) < 4.78 is 24.8. The first kappa shape index (κ1) is 19.3. The van der Waals surface area contributed by atoms with Gasteiger partial charge in [-0.05, 0) is 67.1 Å². The van der Waals surface area contributed by atoms with Gasteiger partial charge in [0, 0.05) is 12.0 Å². The zero-order valence-electron chi connectivity index (χ0n) is 15.2. The highest BCUT2D eigenvalue weighted by molar-refractivity contribution is 7.91. The Bertz CT molecular complexity index is 970. The molecule has 27 heavy (non-hydrogen) atoms. The van der Waals surface area contributed by atoms with E-state index in [1.165, 1.54) is 11.1 Å². The van der Waals surface area contributed by atoms with Crippen LogP contribution in [0.2, 0.25) is 10.0 Å². The van der Waals surface area contributed by atoms with E-state index in [2.05, 4.69) is 17.4 Å². The van der Waals surface area contributed by atoms with Crippen molar-refractivity contribution in [3.63, 3.8) is 0 Å². The van der Waals surface area contributed by atoms with Crippen molar-refractivity contribution < 1.29 is 8.42 Å². The molecule has 0 heterocycles. The third-order valence-corrected chi connectivity index (χ3v) is 8.70. The van der Waals surface area contributed by atoms with Crippen molar-refractivity contribution >= 4 is 33.0 Å². The Morgan fingerprint density at radius 2 is 1.74 bits per heavy atom. The molecule has 4 rings (SSSR count). The van der Waals surface area contributed by atoms with Crippen LogP contribution in [0.25, 0.3) is 0 Å². The largest absolute Gasteiger partial charge is 0.313 e. The van der Waals surface area contributed by atoms with Gasteiger partial charge < -0.3 is 5.32 Å². The number of rotatable bonds is 5. The number of fused-ring (bicyclic) bond motifs is 1. The molecule has 0 amide bonds. The van der Waals surface area contributed by atoms with Crippen LogP contribution in [0.1, 0.15) is 59.9 Å². The van der Waals surface area contributed by atoms with Gasteiger partial charge in [0.05, 0.1) is 21.0 Å². The summed E-state index contributed by atoms with van der Waals surface area (Å²) in [4.78, 5) is 0. The summed E-state index contributed by atoms with van der Waals surface area (Å²) in [6.45, 7) is 0. The average Bonchev–Trinajstić information content (AvgIpc) is 3.48. The van der Waals surface area contributed by atoms with E-state index in [9.17, 15) is 8.42 Å². The fourth-order valence-corrected chi connectivity index (χ4v) is 6.17. The molecule has 2 aromatic rings. The van der Waals surface area contributed by atoms with Crippen LogP contribution in [-0.2, 0) is 15.6 Å². The molecular formula is C21H23Cl2NO2S. The van der Waals surface area contributed by atoms with Crippen molar-refractivity contribution in [1.82, 2.24) is 5.32 Å². The summed E-state index contributed by atoms with van der Waals surface area (Å²) in [5.41, 5.74) is 4.48. The van der Waals surface area contributed by atoms with Gasteiger partial charge in [0.25, 0.3) is 0 Å². The zero-order chi connectivity index (χ0) is 19.2. The highest BCUT2D eigenvalue weighted by atomic mass is 35.5. The summed E-state index contributed by atoms with van der Waals surface area (Å²) in [5, 5.41) is 4.38. The lowest BCUT2D eigenvalue weighted by atomic mass is 9.76. The van der Waals surface area contributed by atoms with Gasteiger partial charge in [-0.3, -0.25) is 0 Å². The summed E-state index contributed by atoms with van der Waals surface area (Å²) in [6.07, 6.45) is 3.63. The van der Waals surface area contributed by atoms with Gasteiger partial charge in [-0.2, -0.15) is 0 Å². The molecule has 0 bridgehead atoms. The third-order valence-electron chi connectivity index (χ3n) is 5.74. The van der Waals surface area contributed by atoms with E-state index in [1.54, 1.807) is 0 Å². The van der Waals surface area contributed by atoms with E-state index in [-0.39, 0.29) is 23.0 Å². The molecule has 1 saturated carbocycles. The Kier molecular flexibility index (Phi) is 5.28. The molecule has 0 aliphatic heterocycles. The quantitative estimate of drug-likeness (QED) is 0.713. The smallest absolute Gasteiger partial charge is 0.157 e. The number of sulfone groups is 1. The van der Waals surface area contributed by atoms with Crippen molar-refractivity contribution in [1.29, 1.82) is 0 Å². The molecule has 144 valence electrons. The van der Waals surface area contributed by atoms with Gasteiger partial charge in [0.1, 0.15) is 0 Å². The lowest BCUT2D eigenvalue weighted by Gasteiger charge is -2.32. The first-order valence-electron chi connectivity index (χ1n) is 9.35. The van der Waals surface area contributed by atoms with Crippen molar-refractivity contribution in [2.75, 3.05) is 7.05 Å². The normalized spacial score (nSPS) is 22.5. The Labute approximate surface area is 171 Å². The van der Waals surface area contributed by atoms with Crippen LogP contribution in [-0.4, -0.2) is 20.7 Å². The minimum atomic E-state index is -3.02. The molecule has 0 spiro atoms. The van der Waals surface area contributed by atoms with Crippen LogP contribution in [0.5, 0.6) is 0 Å². The van der Waals surface area contributed by atoms with Gasteiger partial charge in [0.15, 0.2) is 9.84 Å². The minimum Gasteiger partial charge on any atom is -0.313 e. The topological polar surface area (TPSA) is 46.2 Å². The van der Waals surface area contributed by atoms with E-state index in [4.69, 9.17) is 23.2 Å². The standard InChI is InChI=1S/C21H23Cl2NO2S/c1-24-21-9-7-16(14-3-8-19(22)20(23)11-14)17-6-2-13(10-18(17)21)12-27(25,26)15-4-5-15/h2-3,6,8,10-11,15-16,21,24H,4-5,7,9,12H2,1H3/t16-,21-/m0/s1. The Hall–Kier alpha value is -1.07. The molecule has 6 heteroatoms. The maximum Gasteiger partial charge on any atom is 0.157 e. The second kappa shape index (κ2) is 7.40. The molecule has 2 atom stereocenters. The van der Waals surface area contributed by atoms with Crippen LogP contribution in [0.3, 0.4) is 0 Å². The Morgan fingerprint density at radius 1 is 0.963 bits per heavy atom. The first-order valence-corrected chi connectivity index (χ1v) is 11.8. The van der Waals surface area contributed by atoms with Crippen molar-refractivity contribution in [3.8, 4) is 0 Å². The fraction of sp³-hybridized carbons (Fsp3) is 0.429. The average molecular weight is 424 g/mol. The van der Waals surface area contributed by atoms with Gasteiger partial charge in [-0.25, -0.2) is 8.42 Å². The zero-order valence-corrected chi connectivity index (χ0v) is 17.5. The van der Waals surface area contributed by atoms with E-state index < -0.39 is 9.84 Å². The molecule has 3 nitrogen and oxygen atoms in total. The molecule has 2 aromatic carbocycles. The van der Waals surface area contributed by atoms with Crippen molar-refractivity contribution in [3.05, 3.63) is 68.7 Å². The van der Waals surface area contributed by atoms with Crippen molar-refractivity contribution in [2.45, 2.75) is 48.6 Å². The van der Waals surface area contributed by atoms with Crippen LogP contribution in [0.4, 0.5) is 0 Å². The van der Waals surface area contributed by atoms with E-state index in [0.29, 0.717) is 10.0 Å². The van der Waals surface area contributed by atoms with Gasteiger partial charge in [-0.1, -0.05) is 47.5 Å². The van der Waals surface area contributed by atoms with Gasteiger partial charge in [0.2, 0.25) is 0 Å². The molecule has 0 saturated heterocycles. The summed E-state index contributed by atoms with van der Waals surface area (Å²) in [7, 11) is -1.06. The van der Waals surface area contributed by atoms with Crippen LogP contribution >= 0.6 is 23.2 Å². The SMILES string of the molecule is CN[C@H]1CC[C@@H](c2ccc(Cl)c(Cl)c2)c2ccc(CS(=O)(=O)C3CC3)cc21. The summed E-state index contributed by atoms with van der Waals surface area (Å²) >= 11 is 12.3. The van der Waals surface area contributed by atoms with Crippen LogP contribution < -0.4 is 5.32 Å². The molecule has 1 N–H and O–H groups in total. The highest BCUT2D eigenvalue weighted by Gasteiger charge is 2.36. The summed E-state index contributed by atoms with van der Waals surface area (Å²) in [6, 6.07) is 12.2. The van der Waals surface area contributed by atoms with Crippen LogP contribution in [0, 0.1) is 0 Å². The maximum absolute atomic E-state index is 12.4. The second-order valence-corrected chi connectivity index (χ2v) is 10.7.